The highest BCUT2D eigenvalue weighted by Crippen LogP contribution is 2.42. The Morgan fingerprint density at radius 2 is 1.87 bits per heavy atom. The van der Waals surface area contributed by atoms with Gasteiger partial charge in [-0.1, -0.05) is 0 Å². The number of nitro benzene ring substituents is 1. The van der Waals surface area contributed by atoms with Crippen LogP contribution in [0.1, 0.15) is 30.7 Å². The van der Waals surface area contributed by atoms with Crippen LogP contribution in [0.3, 0.4) is 0 Å². The Morgan fingerprint density at radius 3 is 2.42 bits per heavy atom. The zero-order chi connectivity index (χ0) is 23.4. The molecule has 0 radical (unpaired) electrons. The molecule has 0 bridgehead atoms. The molecule has 0 spiro atoms. The van der Waals surface area contributed by atoms with Crippen molar-refractivity contribution < 1.29 is 30.9 Å². The van der Waals surface area contributed by atoms with Crippen LogP contribution in [0.2, 0.25) is 0 Å². The highest BCUT2D eigenvalue weighted by Gasteiger charge is 2.56. The van der Waals surface area contributed by atoms with E-state index >= 15 is 0 Å². The predicted molar refractivity (Wildman–Crippen MR) is 102 cm³/mol. The fourth-order valence-corrected chi connectivity index (χ4v) is 5.53. The third-order valence-electron chi connectivity index (χ3n) is 5.31. The largest absolute Gasteiger partial charge is 0.416 e. The first-order chi connectivity index (χ1) is 14.1. The second-order valence-corrected chi connectivity index (χ2v) is 9.81. The summed E-state index contributed by atoms with van der Waals surface area (Å²) in [6, 6.07) is 3.78. The number of alkyl halides is 3. The van der Waals surface area contributed by atoms with E-state index in [1.54, 1.807) is 0 Å². The van der Waals surface area contributed by atoms with Crippen LogP contribution in [0.4, 0.5) is 23.2 Å². The Morgan fingerprint density at radius 1 is 1.23 bits per heavy atom. The fraction of sp³-hybridized carbons (Fsp3) is 0.333. The summed E-state index contributed by atoms with van der Waals surface area (Å²) >= 11 is 0. The Labute approximate surface area is 173 Å². The first-order valence-corrected chi connectivity index (χ1v) is 10.3. The molecule has 1 aromatic heterocycles. The van der Waals surface area contributed by atoms with Gasteiger partial charge in [-0.25, -0.2) is 12.8 Å². The van der Waals surface area contributed by atoms with Crippen LogP contribution in [0.15, 0.2) is 36.5 Å². The summed E-state index contributed by atoms with van der Waals surface area (Å²) < 4.78 is 78.0. The maximum atomic E-state index is 14.5. The number of rotatable bonds is 3. The lowest BCUT2D eigenvalue weighted by molar-refractivity contribution is -0.385. The number of sulfone groups is 1. The van der Waals surface area contributed by atoms with Gasteiger partial charge < -0.3 is 5.32 Å². The van der Waals surface area contributed by atoms with Crippen LogP contribution >= 0.6 is 0 Å². The Bertz CT molecular complexity index is 1200. The van der Waals surface area contributed by atoms with Gasteiger partial charge in [0.05, 0.1) is 27.5 Å². The third-order valence-corrected chi connectivity index (χ3v) is 7.92. The van der Waals surface area contributed by atoms with Crippen LogP contribution in [0.5, 0.6) is 0 Å². The van der Waals surface area contributed by atoms with Crippen molar-refractivity contribution in [2.75, 3.05) is 5.75 Å². The molecule has 8 nitrogen and oxygen atoms in total. The van der Waals surface area contributed by atoms with E-state index in [0.29, 0.717) is 12.1 Å². The molecule has 2 heterocycles. The number of pyridine rings is 1. The van der Waals surface area contributed by atoms with E-state index < -0.39 is 65.6 Å². The maximum absolute atomic E-state index is 14.5. The molecule has 2 atom stereocenters. The van der Waals surface area contributed by atoms with Crippen LogP contribution < -0.4 is 5.32 Å². The van der Waals surface area contributed by atoms with Crippen molar-refractivity contribution in [1.82, 2.24) is 10.3 Å². The van der Waals surface area contributed by atoms with Crippen molar-refractivity contribution in [3.8, 4) is 0 Å². The van der Waals surface area contributed by atoms with Crippen LogP contribution in [0.25, 0.3) is 0 Å². The molecule has 2 aromatic rings. The quantitative estimate of drug-likeness (QED) is 0.411. The van der Waals surface area contributed by atoms with Crippen molar-refractivity contribution in [1.29, 1.82) is 5.41 Å². The van der Waals surface area contributed by atoms with E-state index in [2.05, 4.69) is 10.3 Å². The zero-order valence-corrected chi connectivity index (χ0v) is 16.9. The lowest BCUT2D eigenvalue weighted by atomic mass is 9.90. The summed E-state index contributed by atoms with van der Waals surface area (Å²) in [6.45, 7) is 2.27. The molecule has 0 saturated carbocycles. The normalized spacial score (nSPS) is 25.7. The zero-order valence-electron chi connectivity index (χ0n) is 16.1. The molecular weight excluding hydrogens is 444 g/mol. The van der Waals surface area contributed by atoms with E-state index in [4.69, 9.17) is 5.41 Å². The van der Waals surface area contributed by atoms with E-state index in [-0.39, 0.29) is 5.56 Å². The molecule has 31 heavy (non-hydrogen) atoms. The van der Waals surface area contributed by atoms with E-state index in [1.165, 1.54) is 6.92 Å². The standard InChI is InChI=1S/C18H16F4N4O4S/c1-16(12-8-11(26(27)28)3-4-13(12)19)9-31(29,30)17(2,15(23)25-16)14-7-10(5-6-24-14)18(20,21)22/h3-8H,9H2,1-2H3,(H2,23,25)/t16-,17+/m0/s1. The van der Waals surface area contributed by atoms with Crippen LogP contribution in [-0.4, -0.2) is 29.9 Å². The molecule has 0 unspecified atom stereocenters. The Hall–Kier alpha value is -3.09. The van der Waals surface area contributed by atoms with Gasteiger partial charge in [-0.2, -0.15) is 13.2 Å². The second-order valence-electron chi connectivity index (χ2n) is 7.47. The summed E-state index contributed by atoms with van der Waals surface area (Å²) in [7, 11) is -4.45. The predicted octanol–water partition coefficient (Wildman–Crippen LogP) is 3.27. The molecule has 1 aliphatic rings. The van der Waals surface area contributed by atoms with E-state index in [1.807, 2.05) is 0 Å². The van der Waals surface area contributed by atoms with E-state index in [9.17, 15) is 36.1 Å². The fourth-order valence-electron chi connectivity index (χ4n) is 3.46. The second kappa shape index (κ2) is 6.97. The number of halogens is 4. The Balaban J connectivity index is 2.13. The van der Waals surface area contributed by atoms with Gasteiger partial charge in [0, 0.05) is 23.9 Å². The number of nitrogens with one attached hydrogen (secondary N) is 2. The van der Waals surface area contributed by atoms with Gasteiger partial charge >= 0.3 is 6.18 Å². The van der Waals surface area contributed by atoms with Crippen LogP contribution in [0, 0.1) is 21.3 Å². The number of nitrogens with zero attached hydrogens (tertiary/aromatic N) is 2. The lowest BCUT2D eigenvalue weighted by Crippen LogP contribution is -2.63. The van der Waals surface area contributed by atoms with Gasteiger partial charge in [-0.15, -0.1) is 0 Å². The molecule has 13 heteroatoms. The van der Waals surface area contributed by atoms with Crippen molar-refractivity contribution in [2.24, 2.45) is 0 Å². The molecule has 2 N–H and O–H groups in total. The summed E-state index contributed by atoms with van der Waals surface area (Å²) in [5.41, 5.74) is -4.31. The Kier molecular flexibility index (Phi) is 5.08. The first-order valence-electron chi connectivity index (χ1n) is 8.69. The molecule has 1 saturated heterocycles. The van der Waals surface area contributed by atoms with Gasteiger partial charge in [-0.3, -0.25) is 20.5 Å². The average Bonchev–Trinajstić information content (AvgIpc) is 2.65. The molecule has 1 fully saturated rings. The maximum Gasteiger partial charge on any atom is 0.416 e. The van der Waals surface area contributed by atoms with Gasteiger partial charge in [0.25, 0.3) is 5.69 Å². The van der Waals surface area contributed by atoms with Crippen molar-refractivity contribution in [3.05, 3.63) is 69.3 Å². The number of non-ortho nitro benzene ring substituents is 1. The number of benzene rings is 1. The summed E-state index contributed by atoms with van der Waals surface area (Å²) in [5, 5.41) is 21.9. The number of aromatic nitrogens is 1. The average molecular weight is 460 g/mol. The van der Waals surface area contributed by atoms with Crippen molar-refractivity contribution in [2.45, 2.75) is 30.3 Å². The minimum Gasteiger partial charge on any atom is -0.362 e. The number of hydrogen-bond donors (Lipinski definition) is 2. The highest BCUT2D eigenvalue weighted by molar-refractivity contribution is 7.93. The smallest absolute Gasteiger partial charge is 0.362 e. The first kappa shape index (κ1) is 22.6. The summed E-state index contributed by atoms with van der Waals surface area (Å²) in [5.74, 6) is -2.53. The van der Waals surface area contributed by atoms with Crippen molar-refractivity contribution in [3.63, 3.8) is 0 Å². The molecule has 0 amide bonds. The SMILES string of the molecule is C[C@@]1(c2cc(C(F)(F)F)ccn2)C(=N)N[C@](C)(c2cc([N+](=O)[O-])ccc2F)CS1(=O)=O. The molecule has 1 aromatic carbocycles. The molecule has 3 rings (SSSR count). The summed E-state index contributed by atoms with van der Waals surface area (Å²) in [6.07, 6.45) is -3.97. The molecule has 0 aliphatic carbocycles. The minimum absolute atomic E-state index is 0.367. The van der Waals surface area contributed by atoms with Gasteiger partial charge in [-0.05, 0) is 32.0 Å². The monoisotopic (exact) mass is 460 g/mol. The topological polar surface area (TPSA) is 126 Å². The van der Waals surface area contributed by atoms with Crippen LogP contribution in [-0.2, 0) is 26.3 Å². The lowest BCUT2D eigenvalue weighted by Gasteiger charge is -2.44. The number of nitro groups is 1. The molecule has 1 aliphatic heterocycles. The minimum atomic E-state index is -4.76. The van der Waals surface area contributed by atoms with E-state index in [0.717, 1.165) is 31.3 Å². The third kappa shape index (κ3) is 3.62. The summed E-state index contributed by atoms with van der Waals surface area (Å²) in [4.78, 5) is 14.0. The molecule has 166 valence electrons. The van der Waals surface area contributed by atoms with Crippen molar-refractivity contribution >= 4 is 21.4 Å². The number of amidine groups is 1. The number of hydrogen-bond acceptors (Lipinski definition) is 6. The van der Waals surface area contributed by atoms with Gasteiger partial charge in [0.1, 0.15) is 11.7 Å². The molecular formula is C18H16F4N4O4S. The highest BCUT2D eigenvalue weighted by atomic mass is 32.2. The van der Waals surface area contributed by atoms with Gasteiger partial charge in [0.2, 0.25) is 0 Å². The van der Waals surface area contributed by atoms with Gasteiger partial charge in [0.15, 0.2) is 14.6 Å².